The Hall–Kier alpha value is -2.66. The molecule has 1 atom stereocenters. The fraction of sp³-hybridized carbons (Fsp3) is 0.300. The molecule has 1 amide bonds. The maximum Gasteiger partial charge on any atom is 0.242 e. The maximum absolute atomic E-state index is 12.9. The molecule has 1 aromatic heterocycles. The number of hydrogen-bond donors (Lipinski definition) is 1. The zero-order valence-electron chi connectivity index (χ0n) is 14.2. The van der Waals surface area contributed by atoms with Gasteiger partial charge in [0.05, 0.1) is 11.0 Å². The van der Waals surface area contributed by atoms with Gasteiger partial charge in [0, 0.05) is 30.4 Å². The first-order valence-corrected chi connectivity index (χ1v) is 8.63. The molecule has 25 heavy (non-hydrogen) atoms. The summed E-state index contributed by atoms with van der Waals surface area (Å²) >= 11 is 0. The molecule has 0 spiro atoms. The third kappa shape index (κ3) is 2.70. The van der Waals surface area contributed by atoms with Crippen LogP contribution in [0, 0.1) is 0 Å². The summed E-state index contributed by atoms with van der Waals surface area (Å²) in [4.78, 5) is 27.5. The number of carbonyl (C=O) groups excluding carboxylic acids is 1. The van der Waals surface area contributed by atoms with E-state index in [1.807, 2.05) is 65.0 Å². The number of benzene rings is 2. The largest absolute Gasteiger partial charge is 0.340 e. The highest BCUT2D eigenvalue weighted by molar-refractivity contribution is 5.94. The standard InChI is InChI=1S/C20H21N3O2/c1-22(14-10-11-21-12-14)19(24)13-23-17-8-4-2-6-15(17)20(25)16-7-3-5-9-18(16)23/h2-9,14,21H,10-13H2,1H3. The smallest absolute Gasteiger partial charge is 0.242 e. The van der Waals surface area contributed by atoms with E-state index in [1.165, 1.54) is 0 Å². The number of carbonyl (C=O) groups is 1. The summed E-state index contributed by atoms with van der Waals surface area (Å²) in [7, 11) is 1.87. The fourth-order valence-electron chi connectivity index (χ4n) is 3.67. The second-order valence-corrected chi connectivity index (χ2v) is 6.60. The second kappa shape index (κ2) is 6.33. The zero-order valence-corrected chi connectivity index (χ0v) is 14.2. The zero-order chi connectivity index (χ0) is 17.4. The van der Waals surface area contributed by atoms with Gasteiger partial charge in [-0.3, -0.25) is 9.59 Å². The molecular weight excluding hydrogens is 314 g/mol. The van der Waals surface area contributed by atoms with Gasteiger partial charge in [0.1, 0.15) is 6.54 Å². The van der Waals surface area contributed by atoms with E-state index in [2.05, 4.69) is 5.32 Å². The van der Waals surface area contributed by atoms with Crippen molar-refractivity contribution in [2.45, 2.75) is 19.0 Å². The minimum atomic E-state index is 0.0169. The van der Waals surface area contributed by atoms with E-state index in [0.29, 0.717) is 10.8 Å². The van der Waals surface area contributed by atoms with E-state index in [4.69, 9.17) is 0 Å². The Morgan fingerprint density at radius 3 is 2.28 bits per heavy atom. The number of pyridine rings is 1. The Balaban J connectivity index is 1.83. The second-order valence-electron chi connectivity index (χ2n) is 6.60. The van der Waals surface area contributed by atoms with Gasteiger partial charge in [-0.15, -0.1) is 0 Å². The summed E-state index contributed by atoms with van der Waals surface area (Å²) in [6.45, 7) is 2.02. The number of nitrogens with zero attached hydrogens (tertiary/aromatic N) is 2. The van der Waals surface area contributed by atoms with Crippen LogP contribution in [0.25, 0.3) is 21.8 Å². The SMILES string of the molecule is CN(C(=O)Cn1c2ccccc2c(=O)c2ccccc21)C1CCNC1. The molecule has 0 bridgehead atoms. The lowest BCUT2D eigenvalue weighted by molar-refractivity contribution is -0.132. The van der Waals surface area contributed by atoms with Gasteiger partial charge >= 0.3 is 0 Å². The third-order valence-electron chi connectivity index (χ3n) is 5.15. The molecule has 2 heterocycles. The number of likely N-dealkylation sites (N-methyl/N-ethyl adjacent to an activating group) is 1. The van der Waals surface area contributed by atoms with Crippen LogP contribution in [0.4, 0.5) is 0 Å². The summed E-state index contributed by atoms with van der Waals surface area (Å²) in [6, 6.07) is 15.3. The van der Waals surface area contributed by atoms with E-state index >= 15 is 0 Å². The lowest BCUT2D eigenvalue weighted by atomic mass is 10.1. The lowest BCUT2D eigenvalue weighted by Gasteiger charge is -2.25. The van der Waals surface area contributed by atoms with Crippen molar-refractivity contribution < 1.29 is 4.79 Å². The van der Waals surface area contributed by atoms with Crippen molar-refractivity contribution in [1.82, 2.24) is 14.8 Å². The molecule has 128 valence electrons. The molecule has 1 saturated heterocycles. The average Bonchev–Trinajstić information content (AvgIpc) is 3.19. The molecule has 1 aliphatic heterocycles. The molecular formula is C20H21N3O2. The highest BCUT2D eigenvalue weighted by atomic mass is 16.2. The summed E-state index contributed by atoms with van der Waals surface area (Å²) in [5, 5.41) is 4.60. The van der Waals surface area contributed by atoms with Gasteiger partial charge < -0.3 is 14.8 Å². The summed E-state index contributed by atoms with van der Waals surface area (Å²) in [6.07, 6.45) is 0.980. The first-order valence-electron chi connectivity index (χ1n) is 8.63. The Morgan fingerprint density at radius 1 is 1.12 bits per heavy atom. The molecule has 1 fully saturated rings. The van der Waals surface area contributed by atoms with Crippen molar-refractivity contribution in [1.29, 1.82) is 0 Å². The Bertz CT molecular complexity index is 943. The van der Waals surface area contributed by atoms with Crippen LogP contribution >= 0.6 is 0 Å². The van der Waals surface area contributed by atoms with Crippen LogP contribution in [0.1, 0.15) is 6.42 Å². The lowest BCUT2D eigenvalue weighted by Crippen LogP contribution is -2.40. The molecule has 2 aromatic carbocycles. The van der Waals surface area contributed by atoms with Crippen LogP contribution in [-0.2, 0) is 11.3 Å². The van der Waals surface area contributed by atoms with Gasteiger partial charge in [-0.1, -0.05) is 24.3 Å². The quantitative estimate of drug-likeness (QED) is 0.745. The maximum atomic E-state index is 12.9. The van der Waals surface area contributed by atoms with Gasteiger partial charge in [0.25, 0.3) is 0 Å². The highest BCUT2D eigenvalue weighted by Crippen LogP contribution is 2.19. The first kappa shape index (κ1) is 15.8. The van der Waals surface area contributed by atoms with Crippen molar-refractivity contribution in [3.63, 3.8) is 0 Å². The van der Waals surface area contributed by atoms with Crippen LogP contribution < -0.4 is 10.7 Å². The van der Waals surface area contributed by atoms with Gasteiger partial charge in [-0.25, -0.2) is 0 Å². The minimum absolute atomic E-state index is 0.0169. The van der Waals surface area contributed by atoms with Gasteiger partial charge in [-0.05, 0) is 37.2 Å². The van der Waals surface area contributed by atoms with Crippen LogP contribution in [0.5, 0.6) is 0 Å². The van der Waals surface area contributed by atoms with E-state index < -0.39 is 0 Å². The number of hydrogen-bond acceptors (Lipinski definition) is 3. The molecule has 5 nitrogen and oxygen atoms in total. The molecule has 0 saturated carbocycles. The number of rotatable bonds is 3. The summed E-state index contributed by atoms with van der Waals surface area (Å²) in [5.74, 6) is 0.0626. The summed E-state index contributed by atoms with van der Waals surface area (Å²) in [5.41, 5.74) is 1.62. The van der Waals surface area contributed by atoms with Gasteiger partial charge in [0.15, 0.2) is 5.43 Å². The first-order chi connectivity index (χ1) is 12.2. The van der Waals surface area contributed by atoms with Gasteiger partial charge in [0.2, 0.25) is 5.91 Å². The van der Waals surface area contributed by atoms with Crippen molar-refractivity contribution in [3.05, 3.63) is 58.8 Å². The fourth-order valence-corrected chi connectivity index (χ4v) is 3.67. The monoisotopic (exact) mass is 335 g/mol. The summed E-state index contributed by atoms with van der Waals surface area (Å²) < 4.78 is 1.97. The highest BCUT2D eigenvalue weighted by Gasteiger charge is 2.24. The van der Waals surface area contributed by atoms with Crippen molar-refractivity contribution in [3.8, 4) is 0 Å². The minimum Gasteiger partial charge on any atom is -0.340 e. The number of aromatic nitrogens is 1. The van der Waals surface area contributed by atoms with Crippen LogP contribution in [0.15, 0.2) is 53.3 Å². The molecule has 0 aliphatic carbocycles. The van der Waals surface area contributed by atoms with Crippen molar-refractivity contribution >= 4 is 27.7 Å². The number of fused-ring (bicyclic) bond motifs is 2. The van der Waals surface area contributed by atoms with E-state index in [9.17, 15) is 9.59 Å². The predicted octanol–water partition coefficient (Wildman–Crippen LogP) is 1.97. The van der Waals surface area contributed by atoms with Crippen LogP contribution in [-0.4, -0.2) is 41.6 Å². The molecule has 3 aromatic rings. The molecule has 1 aliphatic rings. The van der Waals surface area contributed by atoms with Crippen LogP contribution in [0.3, 0.4) is 0 Å². The van der Waals surface area contributed by atoms with Crippen LogP contribution in [0.2, 0.25) is 0 Å². The van der Waals surface area contributed by atoms with E-state index in [-0.39, 0.29) is 23.9 Å². The predicted molar refractivity (Wildman–Crippen MR) is 99.8 cm³/mol. The van der Waals surface area contributed by atoms with Gasteiger partial charge in [-0.2, -0.15) is 0 Å². The van der Waals surface area contributed by atoms with E-state index in [1.54, 1.807) is 0 Å². The normalized spacial score (nSPS) is 17.2. The molecule has 1 unspecified atom stereocenters. The number of nitrogens with one attached hydrogen (secondary N) is 1. The van der Waals surface area contributed by atoms with E-state index in [0.717, 1.165) is 30.5 Å². The Morgan fingerprint density at radius 2 is 1.72 bits per heavy atom. The average molecular weight is 335 g/mol. The third-order valence-corrected chi connectivity index (χ3v) is 5.15. The Labute approximate surface area is 145 Å². The molecule has 1 N–H and O–H groups in total. The Kier molecular flexibility index (Phi) is 4.01. The number of amides is 1. The number of para-hydroxylation sites is 2. The molecule has 0 radical (unpaired) electrons. The van der Waals surface area contributed by atoms with Crippen molar-refractivity contribution in [2.75, 3.05) is 20.1 Å². The molecule has 4 rings (SSSR count). The topological polar surface area (TPSA) is 54.3 Å². The molecule has 5 heteroatoms. The van der Waals surface area contributed by atoms with Crippen molar-refractivity contribution in [2.24, 2.45) is 0 Å².